The fraction of sp³-hybridized carbons (Fsp3) is 0.636. The Balaban J connectivity index is 2.08. The molecule has 1 aliphatic heterocycles. The van der Waals surface area contributed by atoms with Gasteiger partial charge in [-0.25, -0.2) is 0 Å². The highest BCUT2D eigenvalue weighted by Crippen LogP contribution is 2.34. The predicted molar refractivity (Wildman–Crippen MR) is 114 cm³/mol. The molecule has 0 radical (unpaired) electrons. The number of benzene rings is 1. The first-order valence-corrected chi connectivity index (χ1v) is 11.3. The third-order valence-corrected chi connectivity index (χ3v) is 6.24. The average Bonchev–Trinajstić information content (AvgIpc) is 3.04. The van der Waals surface area contributed by atoms with Crippen molar-refractivity contribution in [3.63, 3.8) is 0 Å². The van der Waals surface area contributed by atoms with Crippen LogP contribution in [0.15, 0.2) is 24.3 Å². The maximum absolute atomic E-state index is 13.2. The third kappa shape index (κ3) is 6.27. The molecule has 0 aliphatic carbocycles. The van der Waals surface area contributed by atoms with Gasteiger partial charge in [0, 0.05) is 17.9 Å². The van der Waals surface area contributed by atoms with Crippen LogP contribution in [0.3, 0.4) is 0 Å². The number of thioether (sulfide) groups is 1. The van der Waals surface area contributed by atoms with Crippen LogP contribution in [-0.4, -0.2) is 40.4 Å². The van der Waals surface area contributed by atoms with Gasteiger partial charge in [0.1, 0.15) is 6.04 Å². The normalized spacial score (nSPS) is 19.5. The Morgan fingerprint density at radius 1 is 1.19 bits per heavy atom. The minimum absolute atomic E-state index is 0.00860. The maximum atomic E-state index is 13.2. The van der Waals surface area contributed by atoms with Crippen LogP contribution in [0, 0.1) is 12.8 Å². The number of amides is 2. The third-order valence-electron chi connectivity index (χ3n) is 4.93. The van der Waals surface area contributed by atoms with E-state index in [1.807, 2.05) is 36.1 Å². The first-order valence-electron chi connectivity index (χ1n) is 10.2. The van der Waals surface area contributed by atoms with Crippen LogP contribution in [0.4, 0.5) is 0 Å². The molecule has 0 saturated carbocycles. The summed E-state index contributed by atoms with van der Waals surface area (Å²) in [5, 5.41) is 3.12. The molecule has 5 heteroatoms. The molecule has 1 aromatic rings. The molecule has 1 heterocycles. The van der Waals surface area contributed by atoms with Gasteiger partial charge in [-0.1, -0.05) is 57.7 Å². The Kier molecular flexibility index (Phi) is 8.68. The molecule has 2 rings (SSSR count). The number of rotatable bonds is 9. The molecule has 2 atom stereocenters. The van der Waals surface area contributed by atoms with Crippen LogP contribution in [0.2, 0.25) is 0 Å². The van der Waals surface area contributed by atoms with Crippen LogP contribution in [0.1, 0.15) is 68.8 Å². The van der Waals surface area contributed by atoms with Gasteiger partial charge >= 0.3 is 0 Å². The molecule has 1 N–H and O–H groups in total. The largest absolute Gasteiger partial charge is 0.354 e. The zero-order chi connectivity index (χ0) is 19.8. The number of carbonyl (C=O) groups excluding carboxylic acids is 2. The SMILES string of the molecule is CCCCCCNC(=O)[C@H]1CS[C@H](CC(C)C)N1C(=O)c1ccc(C)cc1. The van der Waals surface area contributed by atoms with Crippen molar-refractivity contribution in [2.75, 3.05) is 12.3 Å². The van der Waals surface area contributed by atoms with Crippen molar-refractivity contribution in [3.8, 4) is 0 Å². The molecule has 150 valence electrons. The Morgan fingerprint density at radius 3 is 2.52 bits per heavy atom. The minimum atomic E-state index is -0.376. The Labute approximate surface area is 168 Å². The highest BCUT2D eigenvalue weighted by Gasteiger charge is 2.41. The lowest BCUT2D eigenvalue weighted by Crippen LogP contribution is -2.50. The first-order chi connectivity index (χ1) is 12.9. The van der Waals surface area contributed by atoms with Crippen LogP contribution in [0.5, 0.6) is 0 Å². The summed E-state index contributed by atoms with van der Waals surface area (Å²) in [7, 11) is 0. The monoisotopic (exact) mass is 390 g/mol. The van der Waals surface area contributed by atoms with E-state index in [1.165, 1.54) is 12.8 Å². The first kappa shape index (κ1) is 21.8. The van der Waals surface area contributed by atoms with Gasteiger partial charge in [-0.3, -0.25) is 9.59 Å². The predicted octanol–water partition coefficient (Wildman–Crippen LogP) is 4.62. The van der Waals surface area contributed by atoms with E-state index in [2.05, 4.69) is 26.1 Å². The summed E-state index contributed by atoms with van der Waals surface area (Å²) in [6, 6.07) is 7.27. The van der Waals surface area contributed by atoms with Gasteiger partial charge in [0.15, 0.2) is 0 Å². The van der Waals surface area contributed by atoms with Crippen LogP contribution in [0.25, 0.3) is 0 Å². The number of nitrogens with zero attached hydrogens (tertiary/aromatic N) is 1. The van der Waals surface area contributed by atoms with Gasteiger partial charge in [-0.2, -0.15) is 0 Å². The van der Waals surface area contributed by atoms with E-state index in [-0.39, 0.29) is 23.2 Å². The molecule has 0 bridgehead atoms. The molecule has 1 aromatic carbocycles. The summed E-state index contributed by atoms with van der Waals surface area (Å²) in [6.45, 7) is 9.21. The second kappa shape index (κ2) is 10.7. The van der Waals surface area contributed by atoms with Crippen molar-refractivity contribution >= 4 is 23.6 Å². The second-order valence-electron chi connectivity index (χ2n) is 7.86. The van der Waals surface area contributed by atoms with E-state index < -0.39 is 0 Å². The van der Waals surface area contributed by atoms with Crippen molar-refractivity contribution in [1.82, 2.24) is 10.2 Å². The fourth-order valence-electron chi connectivity index (χ4n) is 3.35. The van der Waals surface area contributed by atoms with Crippen molar-refractivity contribution in [2.24, 2.45) is 5.92 Å². The number of nitrogens with one attached hydrogen (secondary N) is 1. The maximum Gasteiger partial charge on any atom is 0.255 e. The fourth-order valence-corrected chi connectivity index (χ4v) is 4.99. The van der Waals surface area contributed by atoms with Gasteiger partial charge in [0.25, 0.3) is 5.91 Å². The van der Waals surface area contributed by atoms with E-state index in [4.69, 9.17) is 0 Å². The summed E-state index contributed by atoms with van der Waals surface area (Å²) in [4.78, 5) is 27.8. The van der Waals surface area contributed by atoms with E-state index in [9.17, 15) is 9.59 Å². The van der Waals surface area contributed by atoms with E-state index in [1.54, 1.807) is 11.8 Å². The molecule has 0 unspecified atom stereocenters. The zero-order valence-electron chi connectivity index (χ0n) is 17.2. The summed E-state index contributed by atoms with van der Waals surface area (Å²) >= 11 is 1.73. The summed E-state index contributed by atoms with van der Waals surface area (Å²) in [5.74, 6) is 1.12. The van der Waals surface area contributed by atoms with Gasteiger partial charge in [0.2, 0.25) is 5.91 Å². The van der Waals surface area contributed by atoms with Crippen LogP contribution >= 0.6 is 11.8 Å². The van der Waals surface area contributed by atoms with Crippen molar-refractivity contribution < 1.29 is 9.59 Å². The highest BCUT2D eigenvalue weighted by atomic mass is 32.2. The molecule has 0 aromatic heterocycles. The number of hydrogen-bond acceptors (Lipinski definition) is 3. The molecule has 4 nitrogen and oxygen atoms in total. The minimum Gasteiger partial charge on any atom is -0.354 e. The second-order valence-corrected chi connectivity index (χ2v) is 9.07. The van der Waals surface area contributed by atoms with Gasteiger partial charge < -0.3 is 10.2 Å². The Hall–Kier alpha value is -1.49. The summed E-state index contributed by atoms with van der Waals surface area (Å²) < 4.78 is 0. The Bertz CT molecular complexity index is 615. The quantitative estimate of drug-likeness (QED) is 0.626. The lowest BCUT2D eigenvalue weighted by atomic mass is 10.1. The van der Waals surface area contributed by atoms with E-state index >= 15 is 0 Å². The van der Waals surface area contributed by atoms with Gasteiger partial charge in [-0.15, -0.1) is 11.8 Å². The topological polar surface area (TPSA) is 49.4 Å². The molecule has 27 heavy (non-hydrogen) atoms. The molecule has 2 amide bonds. The van der Waals surface area contributed by atoms with Crippen molar-refractivity contribution in [1.29, 1.82) is 0 Å². The number of unbranched alkanes of at least 4 members (excludes halogenated alkanes) is 3. The Morgan fingerprint density at radius 2 is 1.89 bits per heavy atom. The number of hydrogen-bond donors (Lipinski definition) is 1. The molecule has 1 saturated heterocycles. The zero-order valence-corrected chi connectivity index (χ0v) is 18.0. The summed E-state index contributed by atoms with van der Waals surface area (Å²) in [5.41, 5.74) is 1.79. The lowest BCUT2D eigenvalue weighted by molar-refractivity contribution is -0.124. The molecule has 1 aliphatic rings. The van der Waals surface area contributed by atoms with Crippen LogP contribution < -0.4 is 5.32 Å². The molecule has 0 spiro atoms. The van der Waals surface area contributed by atoms with E-state index in [0.29, 0.717) is 23.8 Å². The van der Waals surface area contributed by atoms with Crippen molar-refractivity contribution in [2.45, 2.75) is 71.2 Å². The average molecular weight is 391 g/mol. The van der Waals surface area contributed by atoms with Crippen molar-refractivity contribution in [3.05, 3.63) is 35.4 Å². The molecule has 1 fully saturated rings. The molecular formula is C22H34N2O2S. The standard InChI is InChI=1S/C22H34N2O2S/c1-5-6-7-8-13-23-21(25)19-15-27-20(14-16(2)3)24(19)22(26)18-11-9-17(4)10-12-18/h9-12,16,19-20H,5-8,13-15H2,1-4H3,(H,23,25)/t19-,20-/m1/s1. The number of aryl methyl sites for hydroxylation is 1. The lowest BCUT2D eigenvalue weighted by Gasteiger charge is -2.30. The highest BCUT2D eigenvalue weighted by molar-refractivity contribution is 8.00. The van der Waals surface area contributed by atoms with Crippen LogP contribution in [-0.2, 0) is 4.79 Å². The molecular weight excluding hydrogens is 356 g/mol. The van der Waals surface area contributed by atoms with Gasteiger partial charge in [0.05, 0.1) is 5.37 Å². The number of carbonyl (C=O) groups is 2. The van der Waals surface area contributed by atoms with E-state index in [0.717, 1.165) is 24.8 Å². The smallest absolute Gasteiger partial charge is 0.255 e. The van der Waals surface area contributed by atoms with Gasteiger partial charge in [-0.05, 0) is 37.8 Å². The summed E-state index contributed by atoms with van der Waals surface area (Å²) in [6.07, 6.45) is 5.42.